The highest BCUT2D eigenvalue weighted by Crippen LogP contribution is 2.29. The van der Waals surface area contributed by atoms with Gasteiger partial charge in [-0.05, 0) is 37.5 Å². The van der Waals surface area contributed by atoms with E-state index < -0.39 is 0 Å². The zero-order valence-electron chi connectivity index (χ0n) is 16.7. The molecular formula is C22H27Cl2N3O2. The molecule has 0 aliphatic carbocycles. The molecule has 5 nitrogen and oxygen atoms in total. The highest BCUT2D eigenvalue weighted by atomic mass is 35.5. The number of carbonyl (C=O) groups excluding carboxylic acids is 2. The van der Waals surface area contributed by atoms with Crippen molar-refractivity contribution in [2.75, 3.05) is 58.1 Å². The van der Waals surface area contributed by atoms with E-state index in [9.17, 15) is 9.59 Å². The average Bonchev–Trinajstić information content (AvgIpc) is 2.73. The van der Waals surface area contributed by atoms with Crippen LogP contribution in [0.1, 0.15) is 27.1 Å². The summed E-state index contributed by atoms with van der Waals surface area (Å²) in [4.78, 5) is 31.7. The van der Waals surface area contributed by atoms with E-state index in [0.29, 0.717) is 29.4 Å². The van der Waals surface area contributed by atoms with Gasteiger partial charge < -0.3 is 4.90 Å². The first-order valence-electron chi connectivity index (χ1n) is 9.97. The first-order valence-corrected chi connectivity index (χ1v) is 11.0. The van der Waals surface area contributed by atoms with Crippen molar-refractivity contribution in [2.24, 2.45) is 0 Å². The Kier molecular flexibility index (Phi) is 7.90. The molecule has 156 valence electrons. The summed E-state index contributed by atoms with van der Waals surface area (Å²) in [5.41, 5.74) is 1.23. The van der Waals surface area contributed by atoms with Gasteiger partial charge in [0.1, 0.15) is 0 Å². The van der Waals surface area contributed by atoms with E-state index in [2.05, 4.69) is 16.8 Å². The number of benzene rings is 2. The van der Waals surface area contributed by atoms with E-state index >= 15 is 0 Å². The third kappa shape index (κ3) is 5.10. The van der Waals surface area contributed by atoms with Crippen LogP contribution in [0.4, 0.5) is 0 Å². The molecule has 0 fully saturated rings. The molecule has 7 heteroatoms. The average molecular weight is 436 g/mol. The first kappa shape index (κ1) is 22.0. The van der Waals surface area contributed by atoms with Crippen molar-refractivity contribution in [3.05, 3.63) is 47.5 Å². The lowest BCUT2D eigenvalue weighted by atomic mass is 9.94. The van der Waals surface area contributed by atoms with E-state index in [1.165, 1.54) is 4.90 Å². The van der Waals surface area contributed by atoms with Crippen LogP contribution in [0.3, 0.4) is 0 Å². The minimum atomic E-state index is -0.197. The van der Waals surface area contributed by atoms with Crippen LogP contribution in [0.5, 0.6) is 0 Å². The number of hydrogen-bond acceptors (Lipinski definition) is 4. The van der Waals surface area contributed by atoms with Crippen LogP contribution in [0, 0.1) is 0 Å². The quantitative estimate of drug-likeness (QED) is 0.399. The molecule has 0 radical (unpaired) electrons. The molecule has 0 saturated carbocycles. The standard InChI is InChI=1S/C22H27Cl2N3O2/c1-25(15-16-26(13-9-23)14-10-24)11-4-12-27-21(28)18-7-2-5-17-6-3-8-19(20(17)18)22(27)29/h2-3,5-8H,4,9-16H2,1H3. The maximum atomic E-state index is 12.9. The van der Waals surface area contributed by atoms with Gasteiger partial charge in [0.05, 0.1) is 0 Å². The van der Waals surface area contributed by atoms with E-state index in [-0.39, 0.29) is 11.8 Å². The summed E-state index contributed by atoms with van der Waals surface area (Å²) in [6.45, 7) is 4.65. The molecule has 0 spiro atoms. The van der Waals surface area contributed by atoms with Gasteiger partial charge in [-0.15, -0.1) is 23.2 Å². The summed E-state index contributed by atoms with van der Waals surface area (Å²) in [5, 5.41) is 1.71. The second kappa shape index (κ2) is 10.4. The van der Waals surface area contributed by atoms with Crippen LogP contribution >= 0.6 is 23.2 Å². The van der Waals surface area contributed by atoms with Gasteiger partial charge in [0, 0.05) is 61.0 Å². The fourth-order valence-corrected chi connectivity index (χ4v) is 4.26. The summed E-state index contributed by atoms with van der Waals surface area (Å²) < 4.78 is 0. The molecule has 2 aromatic rings. The van der Waals surface area contributed by atoms with Gasteiger partial charge in [-0.2, -0.15) is 0 Å². The van der Waals surface area contributed by atoms with Gasteiger partial charge in [0.2, 0.25) is 0 Å². The highest BCUT2D eigenvalue weighted by Gasteiger charge is 2.32. The van der Waals surface area contributed by atoms with Gasteiger partial charge in [0.25, 0.3) is 11.8 Å². The SMILES string of the molecule is CN(CCCN1C(=O)c2cccc3cccc(c23)C1=O)CCN(CCCl)CCCl. The van der Waals surface area contributed by atoms with Crippen molar-refractivity contribution < 1.29 is 9.59 Å². The predicted octanol–water partition coefficient (Wildman–Crippen LogP) is 3.54. The van der Waals surface area contributed by atoms with E-state index in [1.807, 2.05) is 36.4 Å². The molecule has 0 unspecified atom stereocenters. The van der Waals surface area contributed by atoms with Gasteiger partial charge >= 0.3 is 0 Å². The lowest BCUT2D eigenvalue weighted by Gasteiger charge is -2.28. The van der Waals surface area contributed by atoms with Gasteiger partial charge in [-0.25, -0.2) is 0 Å². The Morgan fingerprint density at radius 2 is 1.41 bits per heavy atom. The molecule has 1 aliphatic heterocycles. The molecule has 0 bridgehead atoms. The van der Waals surface area contributed by atoms with E-state index in [0.717, 1.165) is 49.9 Å². The minimum Gasteiger partial charge on any atom is -0.305 e. The maximum Gasteiger partial charge on any atom is 0.261 e. The van der Waals surface area contributed by atoms with E-state index in [4.69, 9.17) is 23.2 Å². The zero-order valence-corrected chi connectivity index (χ0v) is 18.3. The van der Waals surface area contributed by atoms with Crippen LogP contribution in [-0.4, -0.2) is 84.6 Å². The Morgan fingerprint density at radius 1 is 0.828 bits per heavy atom. The summed E-state index contributed by atoms with van der Waals surface area (Å²) in [7, 11) is 2.05. The van der Waals surface area contributed by atoms with Gasteiger partial charge in [-0.1, -0.05) is 24.3 Å². The van der Waals surface area contributed by atoms with Gasteiger partial charge in [-0.3, -0.25) is 19.4 Å². The van der Waals surface area contributed by atoms with E-state index in [1.54, 1.807) is 0 Å². The molecule has 0 saturated heterocycles. The lowest BCUT2D eigenvalue weighted by Crippen LogP contribution is -2.42. The maximum absolute atomic E-state index is 12.9. The zero-order chi connectivity index (χ0) is 20.8. The lowest BCUT2D eigenvalue weighted by molar-refractivity contribution is 0.0604. The Bertz CT molecular complexity index is 818. The number of rotatable bonds is 11. The smallest absolute Gasteiger partial charge is 0.261 e. The number of halogens is 2. The van der Waals surface area contributed by atoms with Crippen LogP contribution in [0.25, 0.3) is 10.8 Å². The van der Waals surface area contributed by atoms with Crippen LogP contribution < -0.4 is 0 Å². The van der Waals surface area contributed by atoms with Crippen molar-refractivity contribution in [1.82, 2.24) is 14.7 Å². The summed E-state index contributed by atoms with van der Waals surface area (Å²) in [6, 6.07) is 11.2. The molecule has 1 aliphatic rings. The normalized spacial score (nSPS) is 13.9. The number of likely N-dealkylation sites (N-methyl/N-ethyl adjacent to an activating group) is 1. The second-order valence-corrected chi connectivity index (χ2v) is 8.10. The molecule has 2 aromatic carbocycles. The molecule has 0 atom stereocenters. The fourth-order valence-electron chi connectivity index (χ4n) is 3.78. The van der Waals surface area contributed by atoms with Crippen LogP contribution in [-0.2, 0) is 0 Å². The summed E-state index contributed by atoms with van der Waals surface area (Å²) in [6.07, 6.45) is 0.733. The summed E-state index contributed by atoms with van der Waals surface area (Å²) >= 11 is 11.7. The molecular weight excluding hydrogens is 409 g/mol. The van der Waals surface area contributed by atoms with Crippen molar-refractivity contribution in [1.29, 1.82) is 0 Å². The van der Waals surface area contributed by atoms with Crippen LogP contribution in [0.2, 0.25) is 0 Å². The van der Waals surface area contributed by atoms with Crippen molar-refractivity contribution >= 4 is 45.8 Å². The molecule has 3 rings (SSSR count). The Balaban J connectivity index is 1.56. The molecule has 2 amide bonds. The number of hydrogen-bond donors (Lipinski definition) is 0. The van der Waals surface area contributed by atoms with Crippen molar-refractivity contribution in [3.63, 3.8) is 0 Å². The second-order valence-electron chi connectivity index (χ2n) is 7.35. The third-order valence-corrected chi connectivity index (χ3v) is 5.71. The monoisotopic (exact) mass is 435 g/mol. The molecule has 0 N–H and O–H groups in total. The molecule has 0 aromatic heterocycles. The highest BCUT2D eigenvalue weighted by molar-refractivity contribution is 6.25. The number of imide groups is 1. The third-order valence-electron chi connectivity index (χ3n) is 5.38. The number of alkyl halides is 2. The number of nitrogens with zero attached hydrogens (tertiary/aromatic N) is 3. The largest absolute Gasteiger partial charge is 0.305 e. The number of amides is 2. The minimum absolute atomic E-state index is 0.197. The number of carbonyl (C=O) groups is 2. The topological polar surface area (TPSA) is 43.9 Å². The molecule has 1 heterocycles. The van der Waals surface area contributed by atoms with Crippen LogP contribution in [0.15, 0.2) is 36.4 Å². The Morgan fingerprint density at radius 3 is 1.97 bits per heavy atom. The van der Waals surface area contributed by atoms with Crippen molar-refractivity contribution in [2.45, 2.75) is 6.42 Å². The molecule has 29 heavy (non-hydrogen) atoms. The van der Waals surface area contributed by atoms with Gasteiger partial charge in [0.15, 0.2) is 0 Å². The first-order chi connectivity index (χ1) is 14.1. The van der Waals surface area contributed by atoms with Crippen molar-refractivity contribution in [3.8, 4) is 0 Å². The fraction of sp³-hybridized carbons (Fsp3) is 0.455. The Labute approximate surface area is 182 Å². The summed E-state index contributed by atoms with van der Waals surface area (Å²) in [5.74, 6) is 0.789. The Hall–Kier alpha value is -1.66. The predicted molar refractivity (Wildman–Crippen MR) is 119 cm³/mol.